The summed E-state index contributed by atoms with van der Waals surface area (Å²) in [6.07, 6.45) is 5.66. The van der Waals surface area contributed by atoms with Gasteiger partial charge in [-0.05, 0) is 32.0 Å². The van der Waals surface area contributed by atoms with E-state index in [1.54, 1.807) is 0 Å². The molecule has 2 saturated heterocycles. The third-order valence-corrected chi connectivity index (χ3v) is 7.11. The van der Waals surface area contributed by atoms with Crippen LogP contribution in [-0.2, 0) is 11.3 Å². The lowest BCUT2D eigenvalue weighted by molar-refractivity contribution is 0.122. The number of nitrogens with one attached hydrogen (secondary N) is 2. The van der Waals surface area contributed by atoms with Gasteiger partial charge >= 0.3 is 0 Å². The molecule has 2 fully saturated rings. The van der Waals surface area contributed by atoms with Gasteiger partial charge in [0.2, 0.25) is 5.95 Å². The largest absolute Gasteiger partial charge is 0.378 e. The molecule has 8 nitrogen and oxygen atoms in total. The summed E-state index contributed by atoms with van der Waals surface area (Å²) >= 11 is 12.5. The van der Waals surface area contributed by atoms with E-state index in [0.717, 1.165) is 67.7 Å². The number of fused-ring (bicyclic) bond motifs is 1. The molecule has 0 amide bonds. The number of benzene rings is 1. The number of likely N-dealkylation sites (tertiary alicyclic amines) is 1. The van der Waals surface area contributed by atoms with Crippen molar-refractivity contribution in [2.24, 2.45) is 4.99 Å². The van der Waals surface area contributed by atoms with Crippen LogP contribution in [0.5, 0.6) is 0 Å². The molecular formula is C22H27Cl2N7O. The number of halogens is 2. The molecule has 5 rings (SSSR count). The number of aromatic nitrogens is 2. The first kappa shape index (κ1) is 21.7. The molecule has 10 heteroatoms. The highest BCUT2D eigenvalue weighted by atomic mass is 35.5. The first-order valence-corrected chi connectivity index (χ1v) is 11.7. The van der Waals surface area contributed by atoms with E-state index in [1.165, 1.54) is 0 Å². The minimum atomic E-state index is -0.259. The Kier molecular flexibility index (Phi) is 6.11. The van der Waals surface area contributed by atoms with E-state index in [1.807, 2.05) is 24.5 Å². The van der Waals surface area contributed by atoms with Crippen molar-refractivity contribution in [3.63, 3.8) is 0 Å². The van der Waals surface area contributed by atoms with Gasteiger partial charge < -0.3 is 25.2 Å². The summed E-state index contributed by atoms with van der Waals surface area (Å²) in [5.74, 6) is 1.68. The van der Waals surface area contributed by atoms with Crippen molar-refractivity contribution in [2.45, 2.75) is 24.9 Å². The summed E-state index contributed by atoms with van der Waals surface area (Å²) < 4.78 is 5.41. The van der Waals surface area contributed by atoms with Crippen LogP contribution < -0.4 is 15.5 Å². The molecule has 0 atom stereocenters. The second kappa shape index (κ2) is 9.02. The highest BCUT2D eigenvalue weighted by molar-refractivity contribution is 6.42. The van der Waals surface area contributed by atoms with Gasteiger partial charge in [0.1, 0.15) is 5.84 Å². The minimum Gasteiger partial charge on any atom is -0.378 e. The summed E-state index contributed by atoms with van der Waals surface area (Å²) in [6.45, 7) is 5.65. The lowest BCUT2D eigenvalue weighted by Crippen LogP contribution is -2.58. The zero-order valence-corrected chi connectivity index (χ0v) is 19.6. The van der Waals surface area contributed by atoms with Gasteiger partial charge in [0.15, 0.2) is 0 Å². The van der Waals surface area contributed by atoms with Crippen molar-refractivity contribution in [1.82, 2.24) is 20.2 Å². The van der Waals surface area contributed by atoms with Gasteiger partial charge in [-0.2, -0.15) is 0 Å². The summed E-state index contributed by atoms with van der Waals surface area (Å²) in [6, 6.07) is 3.69. The van der Waals surface area contributed by atoms with E-state index in [4.69, 9.17) is 32.9 Å². The molecule has 0 saturated carbocycles. The Bertz CT molecular complexity index is 1000. The number of rotatable bonds is 3. The number of hydrogen-bond donors (Lipinski definition) is 2. The van der Waals surface area contributed by atoms with Crippen molar-refractivity contribution in [2.75, 3.05) is 56.7 Å². The fourth-order valence-corrected chi connectivity index (χ4v) is 4.72. The number of nitrogens with zero attached hydrogens (tertiary/aromatic N) is 5. The molecule has 0 aliphatic carbocycles. The molecule has 170 valence electrons. The maximum absolute atomic E-state index is 6.27. The Morgan fingerprint density at radius 1 is 1.06 bits per heavy atom. The highest BCUT2D eigenvalue weighted by Crippen LogP contribution is 2.41. The van der Waals surface area contributed by atoms with Crippen LogP contribution in [0.1, 0.15) is 18.4 Å². The van der Waals surface area contributed by atoms with Gasteiger partial charge in [-0.15, -0.1) is 0 Å². The molecule has 0 unspecified atom stereocenters. The van der Waals surface area contributed by atoms with E-state index in [0.29, 0.717) is 29.8 Å². The maximum atomic E-state index is 6.27. The van der Waals surface area contributed by atoms with E-state index < -0.39 is 0 Å². The second-order valence-corrected chi connectivity index (χ2v) is 9.41. The number of amidine groups is 1. The Hall–Kier alpha value is -2.13. The Morgan fingerprint density at radius 3 is 2.47 bits per heavy atom. The lowest BCUT2D eigenvalue weighted by Gasteiger charge is -2.45. The summed E-state index contributed by atoms with van der Waals surface area (Å²) in [5, 5.41) is 8.33. The van der Waals surface area contributed by atoms with Gasteiger partial charge in [-0.25, -0.2) is 15.0 Å². The summed E-state index contributed by atoms with van der Waals surface area (Å²) in [7, 11) is 2.15. The van der Waals surface area contributed by atoms with Crippen molar-refractivity contribution in [3.05, 3.63) is 40.1 Å². The van der Waals surface area contributed by atoms with Crippen LogP contribution in [0.15, 0.2) is 29.5 Å². The van der Waals surface area contributed by atoms with E-state index in [-0.39, 0.29) is 5.54 Å². The van der Waals surface area contributed by atoms with Crippen molar-refractivity contribution < 1.29 is 4.74 Å². The number of aliphatic imine (C=N–C) groups is 1. The Labute approximate surface area is 198 Å². The molecule has 4 heterocycles. The topological polar surface area (TPSA) is 77.9 Å². The molecule has 2 aromatic rings. The van der Waals surface area contributed by atoms with E-state index >= 15 is 0 Å². The fraction of sp³-hybridized carbons (Fsp3) is 0.500. The van der Waals surface area contributed by atoms with E-state index in [9.17, 15) is 0 Å². The molecule has 32 heavy (non-hydrogen) atoms. The molecule has 3 aliphatic rings. The minimum absolute atomic E-state index is 0.259. The molecule has 1 aromatic carbocycles. The van der Waals surface area contributed by atoms with Gasteiger partial charge in [-0.1, -0.05) is 23.2 Å². The van der Waals surface area contributed by atoms with Gasteiger partial charge in [0.05, 0.1) is 40.2 Å². The standard InChI is InChI=1S/C22H27Cl2N7O/c1-30-4-2-22(3-5-30)20(28-18-10-16(23)17(24)11-19(18)29-22)25-12-15-13-26-21(27-14-15)31-6-8-32-9-7-31/h10-11,13-14,29H,2-9,12H2,1H3,(H,25,28). The van der Waals surface area contributed by atoms with Gasteiger partial charge in [0, 0.05) is 50.7 Å². The summed E-state index contributed by atoms with van der Waals surface area (Å²) in [4.78, 5) is 18.6. The zero-order chi connectivity index (χ0) is 22.1. The predicted octanol–water partition coefficient (Wildman–Crippen LogP) is 3.33. The normalized spacial score (nSPS) is 20.5. The van der Waals surface area contributed by atoms with Gasteiger partial charge in [-0.3, -0.25) is 0 Å². The predicted molar refractivity (Wildman–Crippen MR) is 129 cm³/mol. The smallest absolute Gasteiger partial charge is 0.225 e. The molecule has 0 radical (unpaired) electrons. The lowest BCUT2D eigenvalue weighted by atomic mass is 9.84. The van der Waals surface area contributed by atoms with Crippen LogP contribution in [0, 0.1) is 0 Å². The Morgan fingerprint density at radius 2 is 1.75 bits per heavy atom. The van der Waals surface area contributed by atoms with Crippen molar-refractivity contribution in [1.29, 1.82) is 0 Å². The zero-order valence-electron chi connectivity index (χ0n) is 18.1. The first-order valence-electron chi connectivity index (χ1n) is 10.9. The van der Waals surface area contributed by atoms with E-state index in [2.05, 4.69) is 37.4 Å². The number of hydrogen-bond acceptors (Lipinski definition) is 8. The third-order valence-electron chi connectivity index (χ3n) is 6.38. The van der Waals surface area contributed by atoms with Crippen LogP contribution in [-0.4, -0.2) is 72.7 Å². The SMILES string of the molecule is CN1CCC2(CC1)Nc1cc(Cl)c(Cl)cc1N=C2NCc1cnc(N2CCOCC2)nc1. The van der Waals surface area contributed by atoms with Crippen molar-refractivity contribution >= 4 is 46.4 Å². The maximum Gasteiger partial charge on any atom is 0.225 e. The average Bonchev–Trinajstić information content (AvgIpc) is 2.82. The molecule has 1 spiro atoms. The molecule has 3 aliphatic heterocycles. The van der Waals surface area contributed by atoms with Gasteiger partial charge in [0.25, 0.3) is 0 Å². The van der Waals surface area contributed by atoms with Crippen LogP contribution in [0.4, 0.5) is 17.3 Å². The molecule has 0 bridgehead atoms. The number of anilines is 2. The number of piperidine rings is 1. The third kappa shape index (κ3) is 4.37. The molecular weight excluding hydrogens is 449 g/mol. The van der Waals surface area contributed by atoms with Crippen LogP contribution in [0.2, 0.25) is 10.0 Å². The highest BCUT2D eigenvalue weighted by Gasteiger charge is 2.41. The molecule has 1 aromatic heterocycles. The van der Waals surface area contributed by atoms with Crippen LogP contribution >= 0.6 is 23.2 Å². The molecule has 2 N–H and O–H groups in total. The first-order chi connectivity index (χ1) is 15.5. The Balaban J connectivity index is 1.36. The fourth-order valence-electron chi connectivity index (χ4n) is 4.40. The summed E-state index contributed by atoms with van der Waals surface area (Å²) in [5.41, 5.74) is 2.47. The van der Waals surface area contributed by atoms with Crippen LogP contribution in [0.25, 0.3) is 0 Å². The average molecular weight is 476 g/mol. The monoisotopic (exact) mass is 475 g/mol. The number of ether oxygens (including phenoxy) is 1. The quantitative estimate of drug-likeness (QED) is 0.704. The van der Waals surface area contributed by atoms with Crippen LogP contribution in [0.3, 0.4) is 0 Å². The van der Waals surface area contributed by atoms with Crippen molar-refractivity contribution in [3.8, 4) is 0 Å². The number of morpholine rings is 1. The second-order valence-electron chi connectivity index (χ2n) is 8.60.